The highest BCUT2D eigenvalue weighted by Crippen LogP contribution is 2.23. The Labute approximate surface area is 148 Å². The first-order chi connectivity index (χ1) is 12.1. The lowest BCUT2D eigenvalue weighted by Gasteiger charge is -2.26. The van der Waals surface area contributed by atoms with Gasteiger partial charge in [0.05, 0.1) is 11.4 Å². The average molecular weight is 364 g/mol. The van der Waals surface area contributed by atoms with Gasteiger partial charge in [0.15, 0.2) is 5.82 Å². The van der Waals surface area contributed by atoms with E-state index in [9.17, 15) is 8.42 Å². The number of tetrazole rings is 1. The molecule has 1 aliphatic rings. The molecule has 0 saturated carbocycles. The van der Waals surface area contributed by atoms with Crippen LogP contribution in [0.4, 0.5) is 5.69 Å². The lowest BCUT2D eigenvalue weighted by molar-refractivity contribution is 0.346. The van der Waals surface area contributed by atoms with Gasteiger partial charge in [0, 0.05) is 25.3 Å². The molecule has 3 rings (SSSR count). The molecular weight excluding hydrogens is 340 g/mol. The van der Waals surface area contributed by atoms with Crippen LogP contribution in [-0.2, 0) is 23.1 Å². The van der Waals surface area contributed by atoms with Gasteiger partial charge in [-0.25, -0.2) is 13.1 Å². The molecule has 8 nitrogen and oxygen atoms in total. The van der Waals surface area contributed by atoms with Crippen molar-refractivity contribution in [2.75, 3.05) is 18.4 Å². The Hall–Kier alpha value is -2.00. The van der Waals surface area contributed by atoms with E-state index < -0.39 is 10.0 Å². The van der Waals surface area contributed by atoms with Crippen LogP contribution in [0.2, 0.25) is 0 Å². The van der Waals surface area contributed by atoms with E-state index in [1.54, 1.807) is 27.2 Å². The summed E-state index contributed by atoms with van der Waals surface area (Å²) in [7, 11) is -3.43. The molecule has 1 fully saturated rings. The lowest BCUT2D eigenvalue weighted by Crippen LogP contribution is -2.35. The number of nitrogens with zero attached hydrogens (tertiary/aromatic N) is 5. The van der Waals surface area contributed by atoms with Gasteiger partial charge >= 0.3 is 0 Å². The van der Waals surface area contributed by atoms with Crippen LogP contribution in [0.15, 0.2) is 29.2 Å². The highest BCUT2D eigenvalue weighted by Gasteiger charge is 2.25. The maximum atomic E-state index is 12.8. The van der Waals surface area contributed by atoms with Gasteiger partial charge in [-0.1, -0.05) is 19.4 Å². The summed E-state index contributed by atoms with van der Waals surface area (Å²) < 4.78 is 28.9. The molecule has 25 heavy (non-hydrogen) atoms. The molecule has 2 heterocycles. The summed E-state index contributed by atoms with van der Waals surface area (Å²) in [6.07, 6.45) is 3.90. The molecule has 1 aliphatic heterocycles. The zero-order chi connectivity index (χ0) is 17.7. The van der Waals surface area contributed by atoms with Gasteiger partial charge in [0.25, 0.3) is 0 Å². The third kappa shape index (κ3) is 4.16. The first-order valence-electron chi connectivity index (χ1n) is 8.70. The van der Waals surface area contributed by atoms with Crippen LogP contribution in [0.3, 0.4) is 0 Å². The smallest absolute Gasteiger partial charge is 0.243 e. The number of hydrogen-bond donors (Lipinski definition) is 1. The van der Waals surface area contributed by atoms with Crippen molar-refractivity contribution in [1.82, 2.24) is 24.5 Å². The molecule has 0 radical (unpaired) electrons. The van der Waals surface area contributed by atoms with E-state index in [4.69, 9.17) is 0 Å². The van der Waals surface area contributed by atoms with Crippen LogP contribution in [0, 0.1) is 0 Å². The first kappa shape index (κ1) is 17.8. The van der Waals surface area contributed by atoms with Gasteiger partial charge in [0.1, 0.15) is 0 Å². The number of piperidine rings is 1. The summed E-state index contributed by atoms with van der Waals surface area (Å²) in [4.78, 5) is 0.326. The molecular formula is C16H24N6O2S. The van der Waals surface area contributed by atoms with Crippen LogP contribution >= 0.6 is 0 Å². The maximum Gasteiger partial charge on any atom is 0.243 e. The van der Waals surface area contributed by atoms with Crippen LogP contribution in [0.5, 0.6) is 0 Å². The lowest BCUT2D eigenvalue weighted by atomic mass is 10.2. The van der Waals surface area contributed by atoms with Crippen LogP contribution in [0.1, 0.15) is 38.4 Å². The summed E-state index contributed by atoms with van der Waals surface area (Å²) in [5.74, 6) is 0.728. The minimum atomic E-state index is -3.43. The third-order valence-electron chi connectivity index (χ3n) is 4.28. The Bertz CT molecular complexity index is 798. The Kier molecular flexibility index (Phi) is 5.64. The largest absolute Gasteiger partial charge is 0.378 e. The van der Waals surface area contributed by atoms with Crippen molar-refractivity contribution in [2.24, 2.45) is 0 Å². The van der Waals surface area contributed by atoms with Gasteiger partial charge in [-0.15, -0.1) is 5.10 Å². The van der Waals surface area contributed by atoms with E-state index in [1.165, 1.54) is 0 Å². The highest BCUT2D eigenvalue weighted by atomic mass is 32.2. The highest BCUT2D eigenvalue weighted by molar-refractivity contribution is 7.89. The third-order valence-corrected chi connectivity index (χ3v) is 6.17. The molecule has 2 aromatic rings. The van der Waals surface area contributed by atoms with E-state index in [-0.39, 0.29) is 0 Å². The number of aromatic nitrogens is 4. The van der Waals surface area contributed by atoms with Crippen molar-refractivity contribution in [3.63, 3.8) is 0 Å². The second-order valence-corrected chi connectivity index (χ2v) is 8.10. The summed E-state index contributed by atoms with van der Waals surface area (Å²) in [5, 5.41) is 14.9. The zero-order valence-corrected chi connectivity index (χ0v) is 15.2. The summed E-state index contributed by atoms with van der Waals surface area (Å²) in [6.45, 7) is 4.47. The molecule has 9 heteroatoms. The standard InChI is InChI=1S/C16H24N6O2S/c1-2-9-22-16(18-19-20-22)13-17-14-7-6-8-15(12-14)25(23,24)21-10-4-3-5-11-21/h6-8,12,17H,2-5,9-11,13H2,1H3. The predicted molar refractivity (Wildman–Crippen MR) is 94.5 cm³/mol. The van der Waals surface area contributed by atoms with E-state index in [0.29, 0.717) is 24.5 Å². The van der Waals surface area contributed by atoms with Crippen LogP contribution in [-0.4, -0.2) is 46.0 Å². The maximum absolute atomic E-state index is 12.8. The second-order valence-electron chi connectivity index (χ2n) is 6.16. The second kappa shape index (κ2) is 7.92. The Morgan fingerprint density at radius 3 is 2.76 bits per heavy atom. The van der Waals surface area contributed by atoms with Gasteiger partial charge in [-0.05, 0) is 47.9 Å². The van der Waals surface area contributed by atoms with Gasteiger partial charge < -0.3 is 5.32 Å². The number of anilines is 1. The van der Waals surface area contributed by atoms with Gasteiger partial charge in [-0.3, -0.25) is 0 Å². The van der Waals surface area contributed by atoms with Crippen molar-refractivity contribution < 1.29 is 8.42 Å². The first-order valence-corrected chi connectivity index (χ1v) is 10.1. The molecule has 1 aromatic heterocycles. The molecule has 1 N–H and O–H groups in total. The normalized spacial score (nSPS) is 16.0. The molecule has 1 saturated heterocycles. The number of rotatable bonds is 7. The predicted octanol–water partition coefficient (Wildman–Crippen LogP) is 1.87. The van der Waals surface area contributed by atoms with Crippen LogP contribution in [0.25, 0.3) is 0 Å². The fourth-order valence-electron chi connectivity index (χ4n) is 2.94. The molecule has 0 atom stereocenters. The van der Waals surface area contributed by atoms with E-state index >= 15 is 0 Å². The quantitative estimate of drug-likeness (QED) is 0.806. The molecule has 0 amide bonds. The molecule has 136 valence electrons. The topological polar surface area (TPSA) is 93.0 Å². The number of aryl methyl sites for hydroxylation is 1. The molecule has 0 bridgehead atoms. The van der Waals surface area contributed by atoms with Crippen molar-refractivity contribution in [2.45, 2.75) is 50.6 Å². The Morgan fingerprint density at radius 1 is 1.20 bits per heavy atom. The molecule has 1 aromatic carbocycles. The Morgan fingerprint density at radius 2 is 2.00 bits per heavy atom. The van der Waals surface area contributed by atoms with E-state index in [0.717, 1.165) is 43.7 Å². The monoisotopic (exact) mass is 364 g/mol. The Balaban J connectivity index is 1.72. The fraction of sp³-hybridized carbons (Fsp3) is 0.562. The van der Waals surface area contributed by atoms with Gasteiger partial charge in [0.2, 0.25) is 10.0 Å². The number of sulfonamides is 1. The SMILES string of the molecule is CCCn1nnnc1CNc1cccc(S(=O)(=O)N2CCCCC2)c1. The molecule has 0 spiro atoms. The van der Waals surface area contributed by atoms with E-state index in [2.05, 4.69) is 27.8 Å². The average Bonchev–Trinajstić information content (AvgIpc) is 3.08. The summed E-state index contributed by atoms with van der Waals surface area (Å²) >= 11 is 0. The van der Waals surface area contributed by atoms with Crippen molar-refractivity contribution >= 4 is 15.7 Å². The fourth-order valence-corrected chi connectivity index (χ4v) is 4.50. The molecule has 0 aliphatic carbocycles. The summed E-state index contributed by atoms with van der Waals surface area (Å²) in [5.41, 5.74) is 0.740. The van der Waals surface area contributed by atoms with Gasteiger partial charge in [-0.2, -0.15) is 4.31 Å². The van der Waals surface area contributed by atoms with Crippen molar-refractivity contribution in [3.8, 4) is 0 Å². The number of nitrogens with one attached hydrogen (secondary N) is 1. The summed E-state index contributed by atoms with van der Waals surface area (Å²) in [6, 6.07) is 6.94. The van der Waals surface area contributed by atoms with Crippen molar-refractivity contribution in [3.05, 3.63) is 30.1 Å². The number of hydrogen-bond acceptors (Lipinski definition) is 6. The zero-order valence-electron chi connectivity index (χ0n) is 14.4. The minimum absolute atomic E-state index is 0.326. The van der Waals surface area contributed by atoms with E-state index in [1.807, 2.05) is 6.07 Å². The molecule has 0 unspecified atom stereocenters. The number of benzene rings is 1. The van der Waals surface area contributed by atoms with Crippen LogP contribution < -0.4 is 5.32 Å². The minimum Gasteiger partial charge on any atom is -0.378 e. The van der Waals surface area contributed by atoms with Crippen molar-refractivity contribution in [1.29, 1.82) is 0 Å².